The zero-order chi connectivity index (χ0) is 19.0. The predicted octanol–water partition coefficient (Wildman–Crippen LogP) is 3.25. The fourth-order valence-corrected chi connectivity index (χ4v) is 3.88. The molecule has 1 aliphatic rings. The lowest BCUT2D eigenvalue weighted by atomic mass is 10.0. The SMILES string of the molecule is CC(C)C(=O)N1CCN(Cc2cc(=O)oc3ccc4ccccc4c23)CC1. The van der Waals surface area contributed by atoms with Crippen molar-refractivity contribution in [2.75, 3.05) is 26.2 Å². The van der Waals surface area contributed by atoms with Gasteiger partial charge in [-0.3, -0.25) is 9.69 Å². The van der Waals surface area contributed by atoms with E-state index >= 15 is 0 Å². The Balaban J connectivity index is 1.64. The van der Waals surface area contributed by atoms with Gasteiger partial charge < -0.3 is 9.32 Å². The van der Waals surface area contributed by atoms with E-state index in [9.17, 15) is 9.59 Å². The molecule has 0 bridgehead atoms. The van der Waals surface area contributed by atoms with Gasteiger partial charge in [0, 0.05) is 50.1 Å². The highest BCUT2D eigenvalue weighted by Gasteiger charge is 2.23. The van der Waals surface area contributed by atoms with Crippen LogP contribution in [0.3, 0.4) is 0 Å². The summed E-state index contributed by atoms with van der Waals surface area (Å²) in [7, 11) is 0. The molecule has 27 heavy (non-hydrogen) atoms. The van der Waals surface area contributed by atoms with Gasteiger partial charge in [0.1, 0.15) is 5.58 Å². The number of piperazine rings is 1. The third kappa shape index (κ3) is 3.47. The summed E-state index contributed by atoms with van der Waals surface area (Å²) in [5, 5.41) is 3.24. The Bertz CT molecular complexity index is 1050. The molecule has 4 rings (SSSR count). The highest BCUT2D eigenvalue weighted by Crippen LogP contribution is 2.28. The molecule has 5 heteroatoms. The van der Waals surface area contributed by atoms with Crippen LogP contribution in [-0.2, 0) is 11.3 Å². The van der Waals surface area contributed by atoms with Crippen molar-refractivity contribution in [1.29, 1.82) is 0 Å². The Morgan fingerprint density at radius 3 is 2.56 bits per heavy atom. The minimum Gasteiger partial charge on any atom is -0.423 e. The van der Waals surface area contributed by atoms with Crippen molar-refractivity contribution in [1.82, 2.24) is 9.80 Å². The lowest BCUT2D eigenvalue weighted by molar-refractivity contribution is -0.136. The van der Waals surface area contributed by atoms with Crippen LogP contribution >= 0.6 is 0 Å². The maximum Gasteiger partial charge on any atom is 0.336 e. The third-order valence-corrected chi connectivity index (χ3v) is 5.29. The van der Waals surface area contributed by atoms with E-state index in [1.165, 1.54) is 0 Å². The molecule has 2 aromatic carbocycles. The van der Waals surface area contributed by atoms with Crippen LogP contribution in [0.2, 0.25) is 0 Å². The fraction of sp³-hybridized carbons (Fsp3) is 0.364. The summed E-state index contributed by atoms with van der Waals surface area (Å²) in [6, 6.07) is 13.6. The molecule has 1 aromatic heterocycles. The summed E-state index contributed by atoms with van der Waals surface area (Å²) in [5.41, 5.74) is 1.30. The van der Waals surface area contributed by atoms with Gasteiger partial charge in [0.15, 0.2) is 0 Å². The highest BCUT2D eigenvalue weighted by molar-refractivity contribution is 6.07. The summed E-state index contributed by atoms with van der Waals surface area (Å²) < 4.78 is 5.45. The molecule has 0 saturated carbocycles. The minimum absolute atomic E-state index is 0.0330. The van der Waals surface area contributed by atoms with E-state index in [-0.39, 0.29) is 17.5 Å². The monoisotopic (exact) mass is 364 g/mol. The Kier molecular flexibility index (Phi) is 4.70. The van der Waals surface area contributed by atoms with Crippen LogP contribution in [0.25, 0.3) is 21.7 Å². The highest BCUT2D eigenvalue weighted by atomic mass is 16.4. The van der Waals surface area contributed by atoms with E-state index in [0.29, 0.717) is 12.1 Å². The normalized spacial score (nSPS) is 15.7. The van der Waals surface area contributed by atoms with Crippen LogP contribution < -0.4 is 5.63 Å². The predicted molar refractivity (Wildman–Crippen MR) is 107 cm³/mol. The maximum atomic E-state index is 12.2. The zero-order valence-corrected chi connectivity index (χ0v) is 15.8. The van der Waals surface area contributed by atoms with Gasteiger partial charge in [-0.2, -0.15) is 0 Å². The first kappa shape index (κ1) is 17.7. The minimum atomic E-state index is -0.318. The largest absolute Gasteiger partial charge is 0.423 e. The van der Waals surface area contributed by atoms with Crippen LogP contribution in [-0.4, -0.2) is 41.9 Å². The van der Waals surface area contributed by atoms with Gasteiger partial charge in [-0.05, 0) is 22.4 Å². The molecule has 3 aromatic rings. The Morgan fingerprint density at radius 1 is 1.07 bits per heavy atom. The van der Waals surface area contributed by atoms with Crippen LogP contribution in [0, 0.1) is 5.92 Å². The number of carbonyl (C=O) groups excluding carboxylic acids is 1. The Hall–Kier alpha value is -2.66. The van der Waals surface area contributed by atoms with Gasteiger partial charge in [0.05, 0.1) is 0 Å². The molecular formula is C22H24N2O3. The smallest absolute Gasteiger partial charge is 0.336 e. The second-order valence-corrected chi connectivity index (χ2v) is 7.51. The quantitative estimate of drug-likeness (QED) is 0.529. The number of nitrogens with zero attached hydrogens (tertiary/aromatic N) is 2. The molecule has 0 atom stereocenters. The van der Waals surface area contributed by atoms with Gasteiger partial charge in [0.2, 0.25) is 5.91 Å². The fourth-order valence-electron chi connectivity index (χ4n) is 3.88. The summed E-state index contributed by atoms with van der Waals surface area (Å²) >= 11 is 0. The van der Waals surface area contributed by atoms with E-state index in [1.54, 1.807) is 6.07 Å². The van der Waals surface area contributed by atoms with Gasteiger partial charge in [-0.1, -0.05) is 44.2 Å². The zero-order valence-electron chi connectivity index (χ0n) is 15.8. The third-order valence-electron chi connectivity index (χ3n) is 5.29. The van der Waals surface area contributed by atoms with Crippen LogP contribution in [0.5, 0.6) is 0 Å². The molecule has 1 saturated heterocycles. The van der Waals surface area contributed by atoms with Crippen molar-refractivity contribution < 1.29 is 9.21 Å². The number of hydrogen-bond acceptors (Lipinski definition) is 4. The Labute approximate surface area is 158 Å². The van der Waals surface area contributed by atoms with E-state index in [0.717, 1.165) is 47.9 Å². The molecule has 1 aliphatic heterocycles. The van der Waals surface area contributed by atoms with Gasteiger partial charge in [-0.15, -0.1) is 0 Å². The molecule has 0 N–H and O–H groups in total. The molecule has 0 unspecified atom stereocenters. The first-order valence-electron chi connectivity index (χ1n) is 9.48. The van der Waals surface area contributed by atoms with Gasteiger partial charge in [0.25, 0.3) is 0 Å². The molecule has 140 valence electrons. The average molecular weight is 364 g/mol. The maximum absolute atomic E-state index is 12.2. The van der Waals surface area contributed by atoms with E-state index < -0.39 is 0 Å². The lowest BCUT2D eigenvalue weighted by Crippen LogP contribution is -2.49. The summed E-state index contributed by atoms with van der Waals surface area (Å²) in [4.78, 5) is 28.5. The molecule has 5 nitrogen and oxygen atoms in total. The van der Waals surface area contributed by atoms with Crippen LogP contribution in [0.4, 0.5) is 0 Å². The second-order valence-electron chi connectivity index (χ2n) is 7.51. The van der Waals surface area contributed by atoms with Crippen molar-refractivity contribution in [2.45, 2.75) is 20.4 Å². The topological polar surface area (TPSA) is 53.8 Å². The van der Waals surface area contributed by atoms with E-state index in [4.69, 9.17) is 4.42 Å². The lowest BCUT2D eigenvalue weighted by Gasteiger charge is -2.35. The molecule has 0 spiro atoms. The summed E-state index contributed by atoms with van der Waals surface area (Å²) in [6.07, 6.45) is 0. The molecule has 2 heterocycles. The van der Waals surface area contributed by atoms with Gasteiger partial charge in [-0.25, -0.2) is 4.79 Å². The van der Waals surface area contributed by atoms with Crippen molar-refractivity contribution in [3.05, 3.63) is 58.4 Å². The standard InChI is InChI=1S/C22H24N2O3/c1-15(2)22(26)24-11-9-23(10-12-24)14-17-13-20(25)27-19-8-7-16-5-3-4-6-18(16)21(17)19/h3-8,13,15H,9-12,14H2,1-2H3. The number of benzene rings is 2. The second kappa shape index (κ2) is 7.16. The first-order valence-corrected chi connectivity index (χ1v) is 9.48. The number of carbonyl (C=O) groups is 1. The number of hydrogen-bond donors (Lipinski definition) is 0. The number of rotatable bonds is 3. The van der Waals surface area contributed by atoms with Crippen molar-refractivity contribution >= 4 is 27.6 Å². The van der Waals surface area contributed by atoms with Gasteiger partial charge >= 0.3 is 5.63 Å². The van der Waals surface area contributed by atoms with Crippen LogP contribution in [0.15, 0.2) is 51.7 Å². The van der Waals surface area contributed by atoms with Crippen molar-refractivity contribution in [3.8, 4) is 0 Å². The number of amides is 1. The molecule has 0 aliphatic carbocycles. The van der Waals surface area contributed by atoms with Crippen LogP contribution in [0.1, 0.15) is 19.4 Å². The number of fused-ring (bicyclic) bond motifs is 3. The molecule has 0 radical (unpaired) electrons. The average Bonchev–Trinajstić information content (AvgIpc) is 2.67. The van der Waals surface area contributed by atoms with E-state index in [2.05, 4.69) is 17.0 Å². The van der Waals surface area contributed by atoms with Crippen molar-refractivity contribution in [3.63, 3.8) is 0 Å². The van der Waals surface area contributed by atoms with E-state index in [1.807, 2.05) is 43.0 Å². The summed E-state index contributed by atoms with van der Waals surface area (Å²) in [6.45, 7) is 7.65. The van der Waals surface area contributed by atoms with Crippen molar-refractivity contribution in [2.24, 2.45) is 5.92 Å². The first-order chi connectivity index (χ1) is 13.0. The summed E-state index contributed by atoms with van der Waals surface area (Å²) in [5.74, 6) is 0.247. The Morgan fingerprint density at radius 2 is 1.81 bits per heavy atom. The molecule has 1 fully saturated rings. The molecular weight excluding hydrogens is 340 g/mol. The molecule has 1 amide bonds.